The third-order valence-electron chi connectivity index (χ3n) is 4.21. The minimum absolute atomic E-state index is 0.0274. The molecule has 0 aromatic heterocycles. The molecule has 7 nitrogen and oxygen atoms in total. The molecule has 2 rings (SSSR count). The summed E-state index contributed by atoms with van der Waals surface area (Å²) in [6.45, 7) is 8.35. The van der Waals surface area contributed by atoms with Crippen molar-refractivity contribution in [1.29, 1.82) is 0 Å². The molecule has 1 heterocycles. The van der Waals surface area contributed by atoms with Crippen LogP contribution in [0.5, 0.6) is 5.75 Å². The zero-order valence-corrected chi connectivity index (χ0v) is 16.4. The molecule has 1 aromatic rings. The quantitative estimate of drug-likeness (QED) is 0.817. The number of ether oxygens (including phenoxy) is 2. The van der Waals surface area contributed by atoms with Crippen molar-refractivity contribution in [2.45, 2.75) is 39.4 Å². The van der Waals surface area contributed by atoms with Gasteiger partial charge in [-0.15, -0.1) is 0 Å². The number of anilines is 1. The lowest BCUT2D eigenvalue weighted by Crippen LogP contribution is -2.47. The second-order valence-corrected chi connectivity index (χ2v) is 7.94. The van der Waals surface area contributed by atoms with Gasteiger partial charge in [-0.25, -0.2) is 4.79 Å². The zero-order valence-electron chi connectivity index (χ0n) is 16.4. The molecule has 1 aliphatic rings. The maximum atomic E-state index is 12.6. The van der Waals surface area contributed by atoms with Crippen molar-refractivity contribution >= 4 is 17.7 Å². The van der Waals surface area contributed by atoms with Crippen LogP contribution in [0.2, 0.25) is 0 Å². The summed E-state index contributed by atoms with van der Waals surface area (Å²) in [7, 11) is 3.44. The maximum Gasteiger partial charge on any atom is 0.410 e. The molecule has 0 bridgehead atoms. The molecule has 0 fully saturated rings. The van der Waals surface area contributed by atoms with Crippen LogP contribution in [0.15, 0.2) is 18.2 Å². The Hall–Kier alpha value is -2.44. The number of benzene rings is 1. The smallest absolute Gasteiger partial charge is 0.410 e. The third kappa shape index (κ3) is 4.80. The molecule has 2 atom stereocenters. The first-order valence-electron chi connectivity index (χ1n) is 8.73. The molecule has 1 aliphatic heterocycles. The summed E-state index contributed by atoms with van der Waals surface area (Å²) >= 11 is 0. The van der Waals surface area contributed by atoms with Crippen LogP contribution >= 0.6 is 0 Å². The Labute approximate surface area is 155 Å². The van der Waals surface area contributed by atoms with Crippen LogP contribution in [0.3, 0.4) is 0 Å². The van der Waals surface area contributed by atoms with Crippen molar-refractivity contribution in [2.75, 3.05) is 32.9 Å². The Bertz CT molecular complexity index is 684. The van der Waals surface area contributed by atoms with E-state index in [9.17, 15) is 9.59 Å². The van der Waals surface area contributed by atoms with Gasteiger partial charge in [-0.3, -0.25) is 4.79 Å². The average Bonchev–Trinajstić information content (AvgIpc) is 2.52. The molecule has 0 saturated carbocycles. The number of likely N-dealkylation sites (N-methyl/N-ethyl adjacent to an activating group) is 1. The molecule has 0 spiro atoms. The van der Waals surface area contributed by atoms with Gasteiger partial charge in [0.2, 0.25) is 0 Å². The predicted octanol–water partition coefficient (Wildman–Crippen LogP) is 2.60. The van der Waals surface area contributed by atoms with Gasteiger partial charge in [0, 0.05) is 32.2 Å². The van der Waals surface area contributed by atoms with Crippen LogP contribution in [-0.2, 0) is 4.74 Å². The Morgan fingerprint density at radius 3 is 2.69 bits per heavy atom. The highest BCUT2D eigenvalue weighted by Crippen LogP contribution is 2.28. The highest BCUT2D eigenvalue weighted by molar-refractivity contribution is 5.97. The first kappa shape index (κ1) is 19.9. The van der Waals surface area contributed by atoms with Gasteiger partial charge in [-0.2, -0.15) is 0 Å². The van der Waals surface area contributed by atoms with Crippen molar-refractivity contribution < 1.29 is 19.1 Å². The van der Waals surface area contributed by atoms with Crippen LogP contribution in [0.25, 0.3) is 0 Å². The standard InChI is InChI=1S/C19H29N3O4/c1-12-10-21(5)17(23)14-9-13(20)7-8-15(14)25-16(12)11-22(6)18(24)26-19(2,3)4/h7-9,12,16H,10-11,20H2,1-6H3/t12-,16+/m0/s1. The largest absolute Gasteiger partial charge is 0.487 e. The van der Waals surface area contributed by atoms with Gasteiger partial charge in [-0.05, 0) is 39.0 Å². The number of carbonyl (C=O) groups is 2. The second-order valence-electron chi connectivity index (χ2n) is 7.94. The van der Waals surface area contributed by atoms with Gasteiger partial charge < -0.3 is 25.0 Å². The normalized spacial score (nSPS) is 20.5. The van der Waals surface area contributed by atoms with Crippen LogP contribution in [0.4, 0.5) is 10.5 Å². The second kappa shape index (κ2) is 7.43. The molecule has 2 amide bonds. The van der Waals surface area contributed by atoms with Crippen LogP contribution in [0.1, 0.15) is 38.1 Å². The molecule has 2 N–H and O–H groups in total. The zero-order chi connectivity index (χ0) is 19.6. The molecular formula is C19H29N3O4. The van der Waals surface area contributed by atoms with Crippen molar-refractivity contribution in [3.63, 3.8) is 0 Å². The summed E-state index contributed by atoms with van der Waals surface area (Å²) < 4.78 is 11.5. The van der Waals surface area contributed by atoms with Crippen LogP contribution in [-0.4, -0.2) is 60.7 Å². The van der Waals surface area contributed by atoms with Gasteiger partial charge >= 0.3 is 6.09 Å². The summed E-state index contributed by atoms with van der Waals surface area (Å²) in [5.41, 5.74) is 6.20. The monoisotopic (exact) mass is 363 g/mol. The molecule has 0 unspecified atom stereocenters. The number of nitrogens with zero attached hydrogens (tertiary/aromatic N) is 2. The number of hydrogen-bond donors (Lipinski definition) is 1. The Balaban J connectivity index is 2.23. The fraction of sp³-hybridized carbons (Fsp3) is 0.579. The minimum Gasteiger partial charge on any atom is -0.487 e. The fourth-order valence-corrected chi connectivity index (χ4v) is 2.84. The van der Waals surface area contributed by atoms with Crippen LogP contribution < -0.4 is 10.5 Å². The Morgan fingerprint density at radius 1 is 1.42 bits per heavy atom. The number of nitrogens with two attached hydrogens (primary N) is 1. The van der Waals surface area contributed by atoms with E-state index in [0.29, 0.717) is 30.1 Å². The lowest BCUT2D eigenvalue weighted by molar-refractivity contribution is 0.0151. The van der Waals surface area contributed by atoms with E-state index in [-0.39, 0.29) is 17.9 Å². The van der Waals surface area contributed by atoms with Crippen molar-refractivity contribution in [3.8, 4) is 5.75 Å². The molecule has 7 heteroatoms. The highest BCUT2D eigenvalue weighted by atomic mass is 16.6. The predicted molar refractivity (Wildman–Crippen MR) is 100 cm³/mol. The number of nitrogen functional groups attached to an aromatic ring is 1. The van der Waals surface area contributed by atoms with Gasteiger partial charge in [-0.1, -0.05) is 6.92 Å². The Kier molecular flexibility index (Phi) is 5.68. The van der Waals surface area contributed by atoms with Gasteiger partial charge in [0.15, 0.2) is 0 Å². The molecule has 0 saturated heterocycles. The summed E-state index contributed by atoms with van der Waals surface area (Å²) in [6.07, 6.45) is -0.692. The van der Waals surface area contributed by atoms with Gasteiger partial charge in [0.25, 0.3) is 5.91 Å². The van der Waals surface area contributed by atoms with E-state index in [1.165, 1.54) is 4.90 Å². The van der Waals surface area contributed by atoms with E-state index in [4.69, 9.17) is 15.2 Å². The molecule has 144 valence electrons. The van der Waals surface area contributed by atoms with Crippen molar-refractivity contribution in [1.82, 2.24) is 9.80 Å². The number of rotatable bonds is 2. The van der Waals surface area contributed by atoms with E-state index in [1.54, 1.807) is 37.2 Å². The minimum atomic E-state index is -0.560. The van der Waals surface area contributed by atoms with E-state index in [0.717, 1.165) is 0 Å². The Morgan fingerprint density at radius 2 is 2.08 bits per heavy atom. The van der Waals surface area contributed by atoms with E-state index in [1.807, 2.05) is 27.7 Å². The van der Waals surface area contributed by atoms with Gasteiger partial charge in [0.05, 0.1) is 12.1 Å². The van der Waals surface area contributed by atoms with E-state index < -0.39 is 11.7 Å². The third-order valence-corrected chi connectivity index (χ3v) is 4.21. The first-order chi connectivity index (χ1) is 12.0. The summed E-state index contributed by atoms with van der Waals surface area (Å²) in [6, 6.07) is 5.03. The molecule has 0 aliphatic carbocycles. The molecule has 26 heavy (non-hydrogen) atoms. The van der Waals surface area contributed by atoms with Gasteiger partial charge in [0.1, 0.15) is 17.5 Å². The summed E-state index contributed by atoms with van der Waals surface area (Å²) in [4.78, 5) is 28.0. The lowest BCUT2D eigenvalue weighted by atomic mass is 10.0. The number of amides is 2. The van der Waals surface area contributed by atoms with Crippen molar-refractivity contribution in [2.24, 2.45) is 5.92 Å². The van der Waals surface area contributed by atoms with Crippen LogP contribution in [0, 0.1) is 5.92 Å². The topological polar surface area (TPSA) is 85.1 Å². The van der Waals surface area contributed by atoms with Crippen molar-refractivity contribution in [3.05, 3.63) is 23.8 Å². The number of carbonyl (C=O) groups excluding carboxylic acids is 2. The lowest BCUT2D eigenvalue weighted by Gasteiger charge is -2.35. The molecular weight excluding hydrogens is 334 g/mol. The number of hydrogen-bond acceptors (Lipinski definition) is 5. The number of fused-ring (bicyclic) bond motifs is 1. The fourth-order valence-electron chi connectivity index (χ4n) is 2.84. The average molecular weight is 363 g/mol. The van der Waals surface area contributed by atoms with E-state index >= 15 is 0 Å². The summed E-state index contributed by atoms with van der Waals surface area (Å²) in [5.74, 6) is 0.378. The molecule has 1 aromatic carbocycles. The summed E-state index contributed by atoms with van der Waals surface area (Å²) in [5, 5.41) is 0. The first-order valence-corrected chi connectivity index (χ1v) is 8.73. The maximum absolute atomic E-state index is 12.6. The van der Waals surface area contributed by atoms with E-state index in [2.05, 4.69) is 0 Å². The SMILES string of the molecule is C[C@H]1CN(C)C(=O)c2cc(N)ccc2O[C@@H]1CN(C)C(=O)OC(C)(C)C. The molecule has 0 radical (unpaired) electrons. The highest BCUT2D eigenvalue weighted by Gasteiger charge is 2.31.